The van der Waals surface area contributed by atoms with Crippen molar-refractivity contribution in [1.82, 2.24) is 29.9 Å². The van der Waals surface area contributed by atoms with Crippen LogP contribution < -0.4 is 33.9 Å². The highest BCUT2D eigenvalue weighted by atomic mass is 35.5. The van der Waals surface area contributed by atoms with Crippen LogP contribution in [0.3, 0.4) is 0 Å². The number of H-pyrrole nitrogens is 1. The predicted octanol–water partition coefficient (Wildman–Crippen LogP) is 1.30. The lowest BCUT2D eigenvalue weighted by molar-refractivity contribution is -0.401. The fourth-order valence-corrected chi connectivity index (χ4v) is 8.62. The Balaban J connectivity index is 0.00000585. The van der Waals surface area contributed by atoms with Crippen LogP contribution in [0.25, 0.3) is 0 Å². The Morgan fingerprint density at radius 3 is 2.47 bits per heavy atom. The second-order valence-corrected chi connectivity index (χ2v) is 16.2. The molecule has 4 atom stereocenters. The number of allylic oxidation sites excluding steroid dienone is 6. The van der Waals surface area contributed by atoms with E-state index < -0.39 is 42.3 Å². The number of benzene rings is 2. The number of anilines is 1. The first-order chi connectivity index (χ1) is 27.8. The Bertz CT molecular complexity index is 2410. The highest BCUT2D eigenvalue weighted by Crippen LogP contribution is 2.47. The number of nitrogens with zero attached hydrogens (tertiary/aromatic N) is 6. The Hall–Kier alpha value is -5.41. The van der Waals surface area contributed by atoms with E-state index in [9.17, 15) is 24.6 Å². The molecule has 7 rings (SSSR count). The van der Waals surface area contributed by atoms with Crippen molar-refractivity contribution in [2.24, 2.45) is 0 Å². The molecule has 0 radical (unpaired) electrons. The molecule has 59 heavy (non-hydrogen) atoms. The van der Waals surface area contributed by atoms with Crippen LogP contribution in [0.15, 0.2) is 113 Å². The molecule has 15 heteroatoms. The van der Waals surface area contributed by atoms with Gasteiger partial charge in [-0.1, -0.05) is 80.1 Å². The van der Waals surface area contributed by atoms with Gasteiger partial charge in [-0.25, -0.2) is 9.48 Å². The summed E-state index contributed by atoms with van der Waals surface area (Å²) in [7, 11) is 2.13. The molecule has 5 heterocycles. The summed E-state index contributed by atoms with van der Waals surface area (Å²) in [5, 5.41) is 31.8. The summed E-state index contributed by atoms with van der Waals surface area (Å²) >= 11 is 0. The number of aromatic amines is 1. The first-order valence-electron chi connectivity index (χ1n) is 19.9. The van der Waals surface area contributed by atoms with Crippen molar-refractivity contribution in [3.63, 3.8) is 0 Å². The van der Waals surface area contributed by atoms with Gasteiger partial charge in [-0.3, -0.25) is 19.1 Å². The average molecular weight is 825 g/mol. The number of carbonyl (C=O) groups excluding carboxylic acids is 1. The number of amides is 1. The number of aliphatic hydroxyl groups is 2. The molecule has 312 valence electrons. The summed E-state index contributed by atoms with van der Waals surface area (Å²) in [4.78, 5) is 41.5. The van der Waals surface area contributed by atoms with Crippen molar-refractivity contribution in [3.05, 3.63) is 141 Å². The number of rotatable bonds is 14. The second-order valence-electron chi connectivity index (χ2n) is 16.2. The monoisotopic (exact) mass is 824 g/mol. The smallest absolute Gasteiger partial charge is 0.330 e. The van der Waals surface area contributed by atoms with Gasteiger partial charge in [0.25, 0.3) is 5.56 Å². The van der Waals surface area contributed by atoms with Crippen LogP contribution in [-0.4, -0.2) is 83.4 Å². The van der Waals surface area contributed by atoms with Gasteiger partial charge in [0.1, 0.15) is 31.0 Å². The summed E-state index contributed by atoms with van der Waals surface area (Å²) in [6.07, 6.45) is 13.2. The van der Waals surface area contributed by atoms with Crippen molar-refractivity contribution in [2.45, 2.75) is 95.2 Å². The minimum Gasteiger partial charge on any atom is -1.00 e. The zero-order valence-corrected chi connectivity index (χ0v) is 34.8. The number of halogens is 1. The molecule has 0 aliphatic carbocycles. The SMILES string of the molecule is C[N+]1=C(/C=C/C=C/C=C2/N(CCCCCC(=O)NCc3cn([C@@H]4[C@H](O)[C@@H](CO)O[C@H]4n4ccc(=O)[nH]c4=O)nn3)c3ccccc3C2(C)C)C(C)(C)c2ccccc21.[Cl-]. The second kappa shape index (κ2) is 17.8. The van der Waals surface area contributed by atoms with Crippen LogP contribution in [-0.2, 0) is 26.9 Å². The molecule has 14 nitrogen and oxygen atoms in total. The Morgan fingerprint density at radius 2 is 1.73 bits per heavy atom. The molecular weight excluding hydrogens is 772 g/mol. The number of nitrogens with one attached hydrogen (secondary N) is 2. The van der Waals surface area contributed by atoms with E-state index in [1.807, 2.05) is 0 Å². The number of aromatic nitrogens is 5. The van der Waals surface area contributed by atoms with Gasteiger partial charge in [0, 0.05) is 59.7 Å². The Labute approximate surface area is 349 Å². The highest BCUT2D eigenvalue weighted by molar-refractivity contribution is 6.03. The van der Waals surface area contributed by atoms with Crippen LogP contribution in [0.4, 0.5) is 11.4 Å². The fraction of sp³-hybridized carbons (Fsp3) is 0.409. The number of para-hydroxylation sites is 2. The van der Waals surface area contributed by atoms with Gasteiger partial charge in [0.2, 0.25) is 11.6 Å². The van der Waals surface area contributed by atoms with E-state index in [4.69, 9.17) is 4.74 Å². The Kier molecular flexibility index (Phi) is 13.1. The number of carbonyl (C=O) groups is 1. The fourth-order valence-electron chi connectivity index (χ4n) is 8.62. The average Bonchev–Trinajstić information content (AvgIpc) is 3.90. The van der Waals surface area contributed by atoms with Crippen LogP contribution >= 0.6 is 0 Å². The normalized spacial score (nSPS) is 22.4. The molecule has 1 saturated heterocycles. The van der Waals surface area contributed by atoms with Crippen molar-refractivity contribution < 1.29 is 36.7 Å². The number of hydrogen-bond acceptors (Lipinski definition) is 9. The highest BCUT2D eigenvalue weighted by Gasteiger charge is 2.47. The van der Waals surface area contributed by atoms with Crippen LogP contribution in [0.1, 0.15) is 82.5 Å². The van der Waals surface area contributed by atoms with E-state index in [0.717, 1.165) is 36.4 Å². The molecule has 0 bridgehead atoms. The molecule has 4 aromatic rings. The van der Waals surface area contributed by atoms with Crippen LogP contribution in [0.2, 0.25) is 0 Å². The zero-order chi connectivity index (χ0) is 41.2. The molecule has 2 aromatic heterocycles. The molecule has 0 unspecified atom stereocenters. The molecule has 3 aliphatic rings. The minimum absolute atomic E-state index is 0. The van der Waals surface area contributed by atoms with Gasteiger partial charge in [-0.05, 0) is 44.4 Å². The van der Waals surface area contributed by atoms with E-state index in [-0.39, 0.29) is 35.7 Å². The van der Waals surface area contributed by atoms with Gasteiger partial charge in [-0.15, -0.1) is 5.10 Å². The van der Waals surface area contributed by atoms with Gasteiger partial charge >= 0.3 is 5.69 Å². The topological polar surface area (TPSA) is 171 Å². The number of unbranched alkanes of at least 4 members (excludes halogenated alkanes) is 2. The minimum atomic E-state index is -1.22. The number of aliphatic hydroxyl groups excluding tert-OH is 2. The van der Waals surface area contributed by atoms with Gasteiger partial charge in [0.05, 0.1) is 24.8 Å². The van der Waals surface area contributed by atoms with E-state index in [1.165, 1.54) is 44.8 Å². The maximum Gasteiger partial charge on any atom is 0.330 e. The van der Waals surface area contributed by atoms with Crippen molar-refractivity contribution >= 4 is 23.0 Å². The Morgan fingerprint density at radius 1 is 0.983 bits per heavy atom. The lowest BCUT2D eigenvalue weighted by Crippen LogP contribution is -3.00. The molecule has 0 spiro atoms. The van der Waals surface area contributed by atoms with Gasteiger partial charge < -0.3 is 37.6 Å². The first kappa shape index (κ1) is 43.2. The van der Waals surface area contributed by atoms with Gasteiger partial charge in [-0.2, -0.15) is 4.58 Å². The lowest BCUT2D eigenvalue weighted by Gasteiger charge is -2.27. The summed E-state index contributed by atoms with van der Waals surface area (Å²) in [6.45, 7) is 9.54. The standard InChI is InChI=1S/C44H52N8O6.ClH/c1-43(2)30-16-11-13-18-32(30)49(5)35(43)20-8-6-9-21-36-44(3,4)31-17-12-14-19-33(31)50(36)24-15-7-10-22-37(54)45-26-29-27-52(48-47-29)39-40(56)34(28-53)58-41(39)51-25-23-38(55)46-42(51)57;/h6,8-9,11-14,16-21,23,25,27,34,39-41,53,56H,7,10,15,22,24,26,28H2,1-5H3,(H-,45,46,54,55,57);1H/t34-,39-,40-,41-;/m1./s1. The maximum absolute atomic E-state index is 12.8. The predicted molar refractivity (Wildman–Crippen MR) is 221 cm³/mol. The lowest BCUT2D eigenvalue weighted by atomic mass is 9.81. The summed E-state index contributed by atoms with van der Waals surface area (Å²) in [5.41, 5.74) is 6.50. The third-order valence-corrected chi connectivity index (χ3v) is 11.7. The van der Waals surface area contributed by atoms with E-state index in [0.29, 0.717) is 12.1 Å². The van der Waals surface area contributed by atoms with Gasteiger partial charge in [0.15, 0.2) is 11.9 Å². The molecular formula is C44H53ClN8O6. The third kappa shape index (κ3) is 8.53. The van der Waals surface area contributed by atoms with E-state index >= 15 is 0 Å². The maximum atomic E-state index is 12.8. The number of hydrogen-bond donors (Lipinski definition) is 4. The van der Waals surface area contributed by atoms with Crippen LogP contribution in [0.5, 0.6) is 0 Å². The summed E-state index contributed by atoms with van der Waals surface area (Å²) < 4.78 is 10.5. The number of fused-ring (bicyclic) bond motifs is 2. The zero-order valence-electron chi connectivity index (χ0n) is 34.1. The molecule has 1 fully saturated rings. The molecule has 4 N–H and O–H groups in total. The quantitative estimate of drug-likeness (QED) is 0.0832. The molecule has 3 aliphatic heterocycles. The van der Waals surface area contributed by atoms with Crippen molar-refractivity contribution in [3.8, 4) is 0 Å². The van der Waals surface area contributed by atoms with E-state index in [2.05, 4.69) is 144 Å². The number of ether oxygens (including phenoxy) is 1. The largest absolute Gasteiger partial charge is 1.00 e. The third-order valence-electron chi connectivity index (χ3n) is 11.7. The first-order valence-corrected chi connectivity index (χ1v) is 19.9. The van der Waals surface area contributed by atoms with Crippen LogP contribution in [0, 0.1) is 0 Å². The van der Waals surface area contributed by atoms with E-state index in [1.54, 1.807) is 6.20 Å². The summed E-state index contributed by atoms with van der Waals surface area (Å²) in [5.74, 6) is -0.113. The summed E-state index contributed by atoms with van der Waals surface area (Å²) in [6, 6.07) is 17.4. The van der Waals surface area contributed by atoms with Crippen molar-refractivity contribution in [1.29, 1.82) is 0 Å². The molecule has 1 amide bonds. The van der Waals surface area contributed by atoms with Crippen molar-refractivity contribution in [2.75, 3.05) is 25.1 Å². The molecule has 0 saturated carbocycles. The molecule has 2 aromatic carbocycles.